The minimum Gasteiger partial charge on any atom is -0.343 e. The lowest BCUT2D eigenvalue weighted by atomic mass is 10.2. The fourth-order valence-corrected chi connectivity index (χ4v) is 1.91. The van der Waals surface area contributed by atoms with Crippen LogP contribution >= 0.6 is 0 Å². The van der Waals surface area contributed by atoms with Crippen molar-refractivity contribution in [2.45, 2.75) is 11.1 Å². The van der Waals surface area contributed by atoms with Gasteiger partial charge in [0.2, 0.25) is 10.0 Å². The number of primary sulfonamides is 1. The van der Waals surface area contributed by atoms with Crippen LogP contribution in [-0.2, 0) is 10.0 Å². The summed E-state index contributed by atoms with van der Waals surface area (Å²) in [7, 11) is -4.17. The summed E-state index contributed by atoms with van der Waals surface area (Å²) in [4.78, 5) is 10.9. The second-order valence-electron chi connectivity index (χ2n) is 3.34. The van der Waals surface area contributed by atoms with E-state index < -0.39 is 39.1 Å². The molecule has 0 bridgehead atoms. The third-order valence-electron chi connectivity index (χ3n) is 1.89. The fraction of sp³-hybridized carbons (Fsp3) is 0.222. The number of rotatable bonds is 3. The molecule has 3 N–H and O–H groups in total. The van der Waals surface area contributed by atoms with Crippen LogP contribution in [0.4, 0.5) is 13.2 Å². The van der Waals surface area contributed by atoms with Gasteiger partial charge in [-0.2, -0.15) is 13.2 Å². The van der Waals surface area contributed by atoms with Crippen molar-refractivity contribution >= 4 is 15.9 Å². The minimum absolute atomic E-state index is 0.427. The van der Waals surface area contributed by atoms with Gasteiger partial charge in [-0.15, -0.1) is 0 Å². The Kier molecular flexibility index (Phi) is 3.97. The molecule has 18 heavy (non-hydrogen) atoms. The van der Waals surface area contributed by atoms with Crippen LogP contribution in [0.2, 0.25) is 0 Å². The summed E-state index contributed by atoms with van der Waals surface area (Å²) < 4.78 is 58.0. The molecule has 0 aliphatic rings. The lowest BCUT2D eigenvalue weighted by molar-refractivity contribution is -0.123. The Morgan fingerprint density at radius 3 is 2.33 bits per heavy atom. The van der Waals surface area contributed by atoms with Crippen LogP contribution < -0.4 is 10.5 Å². The van der Waals surface area contributed by atoms with E-state index in [2.05, 4.69) is 0 Å². The third kappa shape index (κ3) is 4.00. The first-order valence-electron chi connectivity index (χ1n) is 4.58. The van der Waals surface area contributed by atoms with Gasteiger partial charge in [-0.25, -0.2) is 13.6 Å². The van der Waals surface area contributed by atoms with Crippen molar-refractivity contribution in [1.29, 1.82) is 0 Å². The number of amides is 1. The molecule has 0 aliphatic heterocycles. The molecule has 0 aromatic heterocycles. The van der Waals surface area contributed by atoms with Crippen LogP contribution in [0.5, 0.6) is 0 Å². The van der Waals surface area contributed by atoms with Gasteiger partial charge in [0.1, 0.15) is 6.54 Å². The van der Waals surface area contributed by atoms with Crippen LogP contribution in [0.15, 0.2) is 29.2 Å². The quantitative estimate of drug-likeness (QED) is 0.852. The van der Waals surface area contributed by atoms with Crippen molar-refractivity contribution in [3.63, 3.8) is 0 Å². The number of carbonyl (C=O) groups excluding carboxylic acids is 1. The molecule has 100 valence electrons. The first-order valence-corrected chi connectivity index (χ1v) is 6.13. The Morgan fingerprint density at radius 2 is 1.83 bits per heavy atom. The van der Waals surface area contributed by atoms with E-state index in [4.69, 9.17) is 5.14 Å². The molecule has 0 radical (unpaired) electrons. The number of sulfonamides is 1. The highest BCUT2D eigenvalue weighted by Crippen LogP contribution is 2.15. The predicted molar refractivity (Wildman–Crippen MR) is 56.2 cm³/mol. The van der Waals surface area contributed by atoms with Gasteiger partial charge in [0.15, 0.2) is 0 Å². The zero-order chi connectivity index (χ0) is 14.0. The van der Waals surface area contributed by atoms with E-state index in [1.54, 1.807) is 5.32 Å². The monoisotopic (exact) mass is 282 g/mol. The van der Waals surface area contributed by atoms with E-state index in [0.29, 0.717) is 0 Å². The van der Waals surface area contributed by atoms with Gasteiger partial charge >= 0.3 is 6.18 Å². The second-order valence-corrected chi connectivity index (χ2v) is 4.87. The predicted octanol–water partition coefficient (Wildman–Crippen LogP) is 0.626. The Labute approximate surface area is 101 Å². The number of alkyl halides is 3. The second kappa shape index (κ2) is 4.94. The number of nitrogens with one attached hydrogen (secondary N) is 1. The number of carbonyl (C=O) groups is 1. The average molecular weight is 282 g/mol. The minimum atomic E-state index is -4.58. The Morgan fingerprint density at radius 1 is 1.28 bits per heavy atom. The van der Waals surface area contributed by atoms with Crippen molar-refractivity contribution in [3.8, 4) is 0 Å². The van der Waals surface area contributed by atoms with E-state index in [-0.39, 0.29) is 0 Å². The van der Waals surface area contributed by atoms with Crippen LogP contribution in [0, 0.1) is 0 Å². The Bertz CT molecular complexity index is 554. The molecular formula is C9H9F3N2O3S. The van der Waals surface area contributed by atoms with E-state index in [0.717, 1.165) is 12.1 Å². The van der Waals surface area contributed by atoms with Gasteiger partial charge < -0.3 is 5.32 Å². The summed E-state index contributed by atoms with van der Waals surface area (Å²) in [6, 6.07) is 4.74. The van der Waals surface area contributed by atoms with Crippen LogP contribution in [0.3, 0.4) is 0 Å². The maximum Gasteiger partial charge on any atom is 0.405 e. The lowest BCUT2D eigenvalue weighted by Crippen LogP contribution is -2.34. The molecule has 0 aliphatic carbocycles. The van der Waals surface area contributed by atoms with Gasteiger partial charge in [0, 0.05) is 0 Å². The van der Waals surface area contributed by atoms with Crippen molar-refractivity contribution in [2.24, 2.45) is 5.14 Å². The van der Waals surface area contributed by atoms with Gasteiger partial charge in [0.25, 0.3) is 5.91 Å². The van der Waals surface area contributed by atoms with E-state index in [1.165, 1.54) is 12.1 Å². The SMILES string of the molecule is NS(=O)(=O)c1ccccc1C(=O)NCC(F)(F)F. The molecule has 1 aromatic carbocycles. The van der Waals surface area contributed by atoms with Gasteiger partial charge in [-0.1, -0.05) is 12.1 Å². The summed E-state index contributed by atoms with van der Waals surface area (Å²) in [5, 5.41) is 6.41. The zero-order valence-corrected chi connectivity index (χ0v) is 9.68. The molecule has 1 aromatic rings. The highest BCUT2D eigenvalue weighted by atomic mass is 32.2. The molecule has 0 unspecified atom stereocenters. The molecule has 1 rings (SSSR count). The summed E-state index contributed by atoms with van der Waals surface area (Å²) >= 11 is 0. The van der Waals surface area contributed by atoms with Crippen LogP contribution in [-0.4, -0.2) is 27.0 Å². The van der Waals surface area contributed by atoms with Crippen molar-refractivity contribution in [1.82, 2.24) is 5.32 Å². The molecular weight excluding hydrogens is 273 g/mol. The number of nitrogens with two attached hydrogens (primary N) is 1. The Balaban J connectivity index is 3.01. The van der Waals surface area contributed by atoms with Crippen LogP contribution in [0.1, 0.15) is 10.4 Å². The summed E-state index contributed by atoms with van der Waals surface area (Å²) in [5.74, 6) is -1.16. The smallest absolute Gasteiger partial charge is 0.343 e. The summed E-state index contributed by atoms with van der Waals surface area (Å²) in [5.41, 5.74) is -0.427. The summed E-state index contributed by atoms with van der Waals surface area (Å²) in [6.45, 7) is -1.55. The number of benzene rings is 1. The van der Waals surface area contributed by atoms with Crippen LogP contribution in [0.25, 0.3) is 0 Å². The highest BCUT2D eigenvalue weighted by molar-refractivity contribution is 7.89. The topological polar surface area (TPSA) is 89.3 Å². The molecule has 0 spiro atoms. The number of hydrogen-bond acceptors (Lipinski definition) is 3. The number of halogens is 3. The van der Waals surface area contributed by atoms with Gasteiger partial charge in [0.05, 0.1) is 10.5 Å². The first kappa shape index (κ1) is 14.5. The maximum absolute atomic E-state index is 11.9. The zero-order valence-electron chi connectivity index (χ0n) is 8.86. The average Bonchev–Trinajstić information content (AvgIpc) is 2.24. The van der Waals surface area contributed by atoms with E-state index >= 15 is 0 Å². The largest absolute Gasteiger partial charge is 0.405 e. The molecule has 1 amide bonds. The van der Waals surface area contributed by atoms with E-state index in [9.17, 15) is 26.4 Å². The van der Waals surface area contributed by atoms with Crippen molar-refractivity contribution in [3.05, 3.63) is 29.8 Å². The maximum atomic E-state index is 11.9. The Hall–Kier alpha value is -1.61. The van der Waals surface area contributed by atoms with E-state index in [1.807, 2.05) is 0 Å². The molecule has 0 atom stereocenters. The molecule has 0 heterocycles. The standard InChI is InChI=1S/C9H9F3N2O3S/c10-9(11,12)5-14-8(15)6-3-1-2-4-7(6)18(13,16)17/h1-4H,5H2,(H,14,15)(H2,13,16,17). The molecule has 0 saturated heterocycles. The van der Waals surface area contributed by atoms with Gasteiger partial charge in [-0.3, -0.25) is 4.79 Å². The molecule has 0 saturated carbocycles. The lowest BCUT2D eigenvalue weighted by Gasteiger charge is -2.10. The summed E-state index contributed by atoms with van der Waals surface area (Å²) in [6.07, 6.45) is -4.58. The highest BCUT2D eigenvalue weighted by Gasteiger charge is 2.29. The third-order valence-corrected chi connectivity index (χ3v) is 2.86. The van der Waals surface area contributed by atoms with Gasteiger partial charge in [-0.05, 0) is 12.1 Å². The fourth-order valence-electron chi connectivity index (χ4n) is 1.18. The normalized spacial score (nSPS) is 12.2. The molecule has 9 heteroatoms. The van der Waals surface area contributed by atoms with Crippen molar-refractivity contribution < 1.29 is 26.4 Å². The van der Waals surface area contributed by atoms with Crippen molar-refractivity contribution in [2.75, 3.05) is 6.54 Å². The molecule has 0 fully saturated rings. The first-order chi connectivity index (χ1) is 8.11. The number of hydrogen-bond donors (Lipinski definition) is 2. The molecule has 5 nitrogen and oxygen atoms in total.